The highest BCUT2D eigenvalue weighted by Crippen LogP contribution is 2.38. The first-order chi connectivity index (χ1) is 12.5. The van der Waals surface area contributed by atoms with E-state index in [4.69, 9.17) is 9.47 Å². The quantitative estimate of drug-likeness (QED) is 0.810. The lowest BCUT2D eigenvalue weighted by Crippen LogP contribution is -2.28. The smallest absolute Gasteiger partial charge is 0.257 e. The number of fused-ring (bicyclic) bond motifs is 1. The Morgan fingerprint density at radius 2 is 1.92 bits per heavy atom. The van der Waals surface area contributed by atoms with Crippen molar-refractivity contribution < 1.29 is 19.1 Å². The van der Waals surface area contributed by atoms with Crippen LogP contribution in [0, 0.1) is 0 Å². The molecule has 3 rings (SSSR count). The lowest BCUT2D eigenvalue weighted by atomic mass is 10.1. The van der Waals surface area contributed by atoms with Crippen molar-refractivity contribution >= 4 is 28.3 Å². The number of rotatable bonds is 6. The second-order valence-electron chi connectivity index (χ2n) is 5.87. The molecule has 2 amide bonds. The van der Waals surface area contributed by atoms with Gasteiger partial charge in [0.15, 0.2) is 5.13 Å². The zero-order valence-electron chi connectivity index (χ0n) is 14.9. The Morgan fingerprint density at radius 1 is 1.23 bits per heavy atom. The Morgan fingerprint density at radius 3 is 2.54 bits per heavy atom. The largest absolute Gasteiger partial charge is 0.497 e. The summed E-state index contributed by atoms with van der Waals surface area (Å²) >= 11 is 1.42. The highest BCUT2D eigenvalue weighted by atomic mass is 32.1. The van der Waals surface area contributed by atoms with E-state index in [1.165, 1.54) is 25.6 Å². The summed E-state index contributed by atoms with van der Waals surface area (Å²) < 4.78 is 10.4. The highest BCUT2D eigenvalue weighted by molar-refractivity contribution is 7.16. The molecule has 0 aliphatic heterocycles. The molecule has 0 fully saturated rings. The van der Waals surface area contributed by atoms with E-state index in [-0.39, 0.29) is 17.7 Å². The van der Waals surface area contributed by atoms with Crippen molar-refractivity contribution in [2.45, 2.75) is 25.7 Å². The minimum Gasteiger partial charge on any atom is -0.497 e. The fraction of sp³-hybridized carbons (Fsp3) is 0.389. The number of carbonyl (C=O) groups is 2. The number of anilines is 1. The maximum atomic E-state index is 12.6. The summed E-state index contributed by atoms with van der Waals surface area (Å²) in [7, 11) is 3.06. The molecule has 0 radical (unpaired) electrons. The van der Waals surface area contributed by atoms with Crippen molar-refractivity contribution in [3.8, 4) is 11.5 Å². The second kappa shape index (κ2) is 7.74. The number of hydrogen-bond donors (Lipinski definition) is 2. The Hall–Kier alpha value is -2.61. The van der Waals surface area contributed by atoms with Crippen molar-refractivity contribution in [1.82, 2.24) is 10.3 Å². The van der Waals surface area contributed by atoms with Crippen LogP contribution in [-0.2, 0) is 11.2 Å². The number of hydrogen-bond acceptors (Lipinski definition) is 6. The van der Waals surface area contributed by atoms with E-state index in [9.17, 15) is 9.59 Å². The molecule has 1 heterocycles. The number of benzene rings is 1. The van der Waals surface area contributed by atoms with E-state index in [1.54, 1.807) is 18.2 Å². The Kier molecular flexibility index (Phi) is 5.41. The van der Waals surface area contributed by atoms with Gasteiger partial charge in [0.05, 0.1) is 25.8 Å². The van der Waals surface area contributed by atoms with Gasteiger partial charge in [-0.25, -0.2) is 4.98 Å². The Balaban J connectivity index is 1.77. The summed E-state index contributed by atoms with van der Waals surface area (Å²) in [6.07, 6.45) is 1.57. The topological polar surface area (TPSA) is 89.6 Å². The van der Waals surface area contributed by atoms with Gasteiger partial charge >= 0.3 is 0 Å². The number of thiazole rings is 1. The third-order valence-electron chi connectivity index (χ3n) is 4.22. The first-order valence-electron chi connectivity index (χ1n) is 8.37. The molecule has 1 aromatic heterocycles. The van der Waals surface area contributed by atoms with Crippen molar-refractivity contribution in [2.75, 3.05) is 26.1 Å². The van der Waals surface area contributed by atoms with E-state index in [2.05, 4.69) is 15.6 Å². The first kappa shape index (κ1) is 18.2. The molecular formula is C18H21N3O4S. The normalized spacial score (nSPS) is 15.3. The molecule has 0 bridgehead atoms. The van der Waals surface area contributed by atoms with Gasteiger partial charge in [0.25, 0.3) is 5.91 Å². The van der Waals surface area contributed by atoms with Crippen molar-refractivity contribution in [3.05, 3.63) is 34.3 Å². The molecule has 1 aliphatic rings. The highest BCUT2D eigenvalue weighted by Gasteiger charge is 2.32. The molecule has 1 atom stereocenters. The standard InChI is InChI=1S/C18H21N3O4S/c1-4-19-17(23)13-5-6-14-15(13)20-18(26-14)21-16(22)10-7-11(24-2)9-12(8-10)25-3/h7-9,13H,4-6H2,1-3H3,(H,19,23)(H,20,21,22). The SMILES string of the molecule is CCNC(=O)C1CCc2sc(NC(=O)c3cc(OC)cc(OC)c3)nc21. The molecule has 8 heteroatoms. The molecule has 2 N–H and O–H groups in total. The Labute approximate surface area is 155 Å². The fourth-order valence-corrected chi connectivity index (χ4v) is 3.97. The fourth-order valence-electron chi connectivity index (χ4n) is 2.94. The van der Waals surface area contributed by atoms with Crippen LogP contribution in [0.4, 0.5) is 5.13 Å². The van der Waals surface area contributed by atoms with Crippen LogP contribution in [0.25, 0.3) is 0 Å². The lowest BCUT2D eigenvalue weighted by Gasteiger charge is -2.09. The van der Waals surface area contributed by atoms with Crippen LogP contribution in [0.3, 0.4) is 0 Å². The summed E-state index contributed by atoms with van der Waals surface area (Å²) in [5, 5.41) is 6.14. The van der Waals surface area contributed by atoms with Gasteiger partial charge in [-0.05, 0) is 31.9 Å². The number of carbonyl (C=O) groups excluding carboxylic acids is 2. The van der Waals surface area contributed by atoms with Crippen LogP contribution in [0.15, 0.2) is 18.2 Å². The molecule has 0 saturated carbocycles. The van der Waals surface area contributed by atoms with E-state index in [1.807, 2.05) is 6.92 Å². The Bertz CT molecular complexity index is 812. The average Bonchev–Trinajstić information content (AvgIpc) is 3.21. The minimum atomic E-state index is -0.302. The van der Waals surface area contributed by atoms with Gasteiger partial charge in [0, 0.05) is 23.1 Å². The zero-order valence-corrected chi connectivity index (χ0v) is 15.7. The summed E-state index contributed by atoms with van der Waals surface area (Å²) in [6, 6.07) is 4.97. The van der Waals surface area contributed by atoms with E-state index >= 15 is 0 Å². The number of likely N-dealkylation sites (N-methyl/N-ethyl adjacent to an activating group) is 1. The minimum absolute atomic E-state index is 0.00745. The molecule has 138 valence electrons. The summed E-state index contributed by atoms with van der Waals surface area (Å²) in [5.41, 5.74) is 1.19. The second-order valence-corrected chi connectivity index (χ2v) is 6.95. The molecular weight excluding hydrogens is 354 g/mol. The zero-order chi connectivity index (χ0) is 18.7. The number of methoxy groups -OCH3 is 2. The van der Waals surface area contributed by atoms with Gasteiger partial charge in [-0.15, -0.1) is 11.3 Å². The molecule has 7 nitrogen and oxygen atoms in total. The molecule has 26 heavy (non-hydrogen) atoms. The van der Waals surface area contributed by atoms with Crippen LogP contribution >= 0.6 is 11.3 Å². The molecule has 1 aliphatic carbocycles. The number of aromatic nitrogens is 1. The molecule has 1 unspecified atom stereocenters. The van der Waals surface area contributed by atoms with Gasteiger partial charge in [-0.2, -0.15) is 0 Å². The van der Waals surface area contributed by atoms with Crippen LogP contribution in [0.1, 0.15) is 40.2 Å². The maximum absolute atomic E-state index is 12.6. The summed E-state index contributed by atoms with van der Waals surface area (Å²) in [5.74, 6) is 0.528. The van der Waals surface area contributed by atoms with Crippen molar-refractivity contribution in [3.63, 3.8) is 0 Å². The predicted octanol–water partition coefficient (Wildman–Crippen LogP) is 2.58. The predicted molar refractivity (Wildman–Crippen MR) is 99.4 cm³/mol. The van der Waals surface area contributed by atoms with Gasteiger partial charge in [-0.3, -0.25) is 14.9 Å². The molecule has 1 aromatic carbocycles. The average molecular weight is 375 g/mol. The van der Waals surface area contributed by atoms with E-state index in [0.717, 1.165) is 23.4 Å². The number of nitrogens with zero attached hydrogens (tertiary/aromatic N) is 1. The van der Waals surface area contributed by atoms with Crippen molar-refractivity contribution in [2.24, 2.45) is 0 Å². The van der Waals surface area contributed by atoms with Crippen molar-refractivity contribution in [1.29, 1.82) is 0 Å². The van der Waals surface area contributed by atoms with Gasteiger partial charge < -0.3 is 14.8 Å². The number of amides is 2. The van der Waals surface area contributed by atoms with Crippen LogP contribution in [-0.4, -0.2) is 37.6 Å². The summed E-state index contributed by atoms with van der Waals surface area (Å²) in [6.45, 7) is 2.49. The third-order valence-corrected chi connectivity index (χ3v) is 5.27. The molecule has 0 spiro atoms. The van der Waals surface area contributed by atoms with Crippen LogP contribution in [0.2, 0.25) is 0 Å². The number of nitrogens with one attached hydrogen (secondary N) is 2. The molecule has 0 saturated heterocycles. The lowest BCUT2D eigenvalue weighted by molar-refractivity contribution is -0.122. The summed E-state index contributed by atoms with van der Waals surface area (Å²) in [4.78, 5) is 30.2. The van der Waals surface area contributed by atoms with Gasteiger partial charge in [-0.1, -0.05) is 0 Å². The van der Waals surface area contributed by atoms with Gasteiger partial charge in [0.2, 0.25) is 5.91 Å². The van der Waals surface area contributed by atoms with E-state index < -0.39 is 0 Å². The van der Waals surface area contributed by atoms with Crippen LogP contribution in [0.5, 0.6) is 11.5 Å². The first-order valence-corrected chi connectivity index (χ1v) is 9.19. The van der Waals surface area contributed by atoms with Gasteiger partial charge in [0.1, 0.15) is 11.5 Å². The number of ether oxygens (including phenoxy) is 2. The van der Waals surface area contributed by atoms with E-state index in [0.29, 0.717) is 28.7 Å². The monoisotopic (exact) mass is 375 g/mol. The third kappa shape index (κ3) is 3.65. The molecule has 2 aromatic rings. The van der Waals surface area contributed by atoms with Crippen LogP contribution < -0.4 is 20.1 Å². The maximum Gasteiger partial charge on any atom is 0.257 e. The number of aryl methyl sites for hydroxylation is 1.